The highest BCUT2D eigenvalue weighted by molar-refractivity contribution is 6.00. The third-order valence-electron chi connectivity index (χ3n) is 4.06. The van der Waals surface area contributed by atoms with E-state index >= 15 is 0 Å². The van der Waals surface area contributed by atoms with Crippen LogP contribution in [0.15, 0.2) is 78.9 Å². The van der Waals surface area contributed by atoms with Crippen molar-refractivity contribution in [3.63, 3.8) is 0 Å². The fraction of sp³-hybridized carbons (Fsp3) is 0.130. The lowest BCUT2D eigenvalue weighted by Gasteiger charge is -2.11. The van der Waals surface area contributed by atoms with Crippen LogP contribution in [0.2, 0.25) is 0 Å². The molecule has 3 aromatic rings. The SMILES string of the molecule is Cc1cccc(OCCNC(=O)Nc2cccc(NC(=O)Nc3ccccc3)c2)c1. The molecule has 3 aromatic carbocycles. The average Bonchev–Trinajstić information content (AvgIpc) is 2.72. The van der Waals surface area contributed by atoms with E-state index in [0.717, 1.165) is 11.3 Å². The highest BCUT2D eigenvalue weighted by atomic mass is 16.5. The minimum atomic E-state index is -0.365. The number of nitrogens with one attached hydrogen (secondary N) is 4. The third kappa shape index (κ3) is 6.87. The zero-order valence-corrected chi connectivity index (χ0v) is 16.6. The van der Waals surface area contributed by atoms with Crippen molar-refractivity contribution in [2.24, 2.45) is 0 Å². The Morgan fingerprint density at radius 3 is 2.10 bits per heavy atom. The van der Waals surface area contributed by atoms with Crippen molar-refractivity contribution in [3.05, 3.63) is 84.4 Å². The number of aryl methyl sites for hydroxylation is 1. The summed E-state index contributed by atoms with van der Waals surface area (Å²) in [4.78, 5) is 24.2. The van der Waals surface area contributed by atoms with Crippen LogP contribution in [0.25, 0.3) is 0 Å². The van der Waals surface area contributed by atoms with E-state index in [-0.39, 0.29) is 12.1 Å². The summed E-state index contributed by atoms with van der Waals surface area (Å²) in [5.74, 6) is 0.768. The minimum absolute atomic E-state index is 0.353. The van der Waals surface area contributed by atoms with Crippen LogP contribution in [0.1, 0.15) is 5.56 Å². The number of urea groups is 2. The maximum atomic E-state index is 12.1. The van der Waals surface area contributed by atoms with E-state index in [9.17, 15) is 9.59 Å². The Labute approximate surface area is 175 Å². The first-order valence-electron chi connectivity index (χ1n) is 9.56. The minimum Gasteiger partial charge on any atom is -0.492 e. The number of hydrogen-bond donors (Lipinski definition) is 4. The van der Waals surface area contributed by atoms with Crippen molar-refractivity contribution >= 4 is 29.1 Å². The predicted molar refractivity (Wildman–Crippen MR) is 119 cm³/mol. The molecule has 0 saturated carbocycles. The second-order valence-electron chi connectivity index (χ2n) is 6.57. The van der Waals surface area contributed by atoms with E-state index in [1.807, 2.05) is 49.4 Å². The molecule has 0 aliphatic carbocycles. The van der Waals surface area contributed by atoms with Gasteiger partial charge >= 0.3 is 12.1 Å². The highest BCUT2D eigenvalue weighted by Crippen LogP contribution is 2.16. The lowest BCUT2D eigenvalue weighted by Crippen LogP contribution is -2.32. The first-order chi connectivity index (χ1) is 14.6. The molecule has 3 rings (SSSR count). The molecule has 154 valence electrons. The van der Waals surface area contributed by atoms with Crippen molar-refractivity contribution < 1.29 is 14.3 Å². The summed E-state index contributed by atoms with van der Waals surface area (Å²) >= 11 is 0. The Morgan fingerprint density at radius 2 is 1.37 bits per heavy atom. The molecule has 30 heavy (non-hydrogen) atoms. The van der Waals surface area contributed by atoms with Crippen LogP contribution >= 0.6 is 0 Å². The molecule has 4 N–H and O–H groups in total. The van der Waals surface area contributed by atoms with Gasteiger partial charge in [0.1, 0.15) is 12.4 Å². The van der Waals surface area contributed by atoms with Gasteiger partial charge < -0.3 is 26.0 Å². The fourth-order valence-corrected chi connectivity index (χ4v) is 2.70. The number of carbonyl (C=O) groups is 2. The molecule has 0 aliphatic rings. The summed E-state index contributed by atoms with van der Waals surface area (Å²) in [5, 5.41) is 10.9. The van der Waals surface area contributed by atoms with Crippen LogP contribution in [-0.2, 0) is 0 Å². The van der Waals surface area contributed by atoms with Crippen LogP contribution in [0, 0.1) is 6.92 Å². The van der Waals surface area contributed by atoms with Gasteiger partial charge in [-0.3, -0.25) is 0 Å². The molecule has 0 heterocycles. The topological polar surface area (TPSA) is 91.5 Å². The number of amides is 4. The second kappa shape index (κ2) is 10.5. The number of anilines is 3. The Hall–Kier alpha value is -4.00. The van der Waals surface area contributed by atoms with Gasteiger partial charge in [0, 0.05) is 17.1 Å². The van der Waals surface area contributed by atoms with Gasteiger partial charge in [-0.2, -0.15) is 0 Å². The van der Waals surface area contributed by atoms with Crippen molar-refractivity contribution in [1.29, 1.82) is 0 Å². The molecular weight excluding hydrogens is 380 g/mol. The second-order valence-corrected chi connectivity index (χ2v) is 6.57. The lowest BCUT2D eigenvalue weighted by molar-refractivity contribution is 0.247. The van der Waals surface area contributed by atoms with Gasteiger partial charge in [-0.15, -0.1) is 0 Å². The number of ether oxygens (including phenoxy) is 1. The van der Waals surface area contributed by atoms with Crippen molar-refractivity contribution in [2.45, 2.75) is 6.92 Å². The van der Waals surface area contributed by atoms with Gasteiger partial charge in [0.2, 0.25) is 0 Å². The summed E-state index contributed by atoms with van der Waals surface area (Å²) in [5.41, 5.74) is 2.93. The molecule has 7 heteroatoms. The van der Waals surface area contributed by atoms with E-state index in [0.29, 0.717) is 30.2 Å². The molecule has 0 unspecified atom stereocenters. The standard InChI is InChI=1S/C23H24N4O3/c1-17-7-5-12-21(15-17)30-14-13-24-22(28)26-19-10-6-11-20(16-19)27-23(29)25-18-8-3-2-4-9-18/h2-12,15-16H,13-14H2,1H3,(H2,24,26,28)(H2,25,27,29). The van der Waals surface area contributed by atoms with Gasteiger partial charge in [0.05, 0.1) is 6.54 Å². The summed E-state index contributed by atoms with van der Waals surface area (Å²) < 4.78 is 5.60. The van der Waals surface area contributed by atoms with Gasteiger partial charge in [0.25, 0.3) is 0 Å². The fourth-order valence-electron chi connectivity index (χ4n) is 2.70. The van der Waals surface area contributed by atoms with Crippen molar-refractivity contribution in [3.8, 4) is 5.75 Å². The highest BCUT2D eigenvalue weighted by Gasteiger charge is 2.05. The maximum Gasteiger partial charge on any atom is 0.323 e. The maximum absolute atomic E-state index is 12.1. The molecule has 0 fully saturated rings. The van der Waals surface area contributed by atoms with Crippen LogP contribution < -0.4 is 26.0 Å². The van der Waals surface area contributed by atoms with E-state index in [1.54, 1.807) is 36.4 Å². The number of hydrogen-bond acceptors (Lipinski definition) is 3. The van der Waals surface area contributed by atoms with E-state index < -0.39 is 0 Å². The summed E-state index contributed by atoms with van der Waals surface area (Å²) in [6, 6.07) is 23.0. The molecule has 4 amide bonds. The molecular formula is C23H24N4O3. The normalized spacial score (nSPS) is 10.0. The summed E-state index contributed by atoms with van der Waals surface area (Å²) in [6.45, 7) is 2.71. The van der Waals surface area contributed by atoms with Crippen molar-refractivity contribution in [2.75, 3.05) is 29.1 Å². The van der Waals surface area contributed by atoms with E-state index in [1.165, 1.54) is 0 Å². The monoisotopic (exact) mass is 404 g/mol. The Morgan fingerprint density at radius 1 is 0.733 bits per heavy atom. The largest absolute Gasteiger partial charge is 0.492 e. The average molecular weight is 404 g/mol. The van der Waals surface area contributed by atoms with Gasteiger partial charge in [-0.1, -0.05) is 36.4 Å². The first kappa shape index (κ1) is 20.7. The number of rotatable bonds is 7. The lowest BCUT2D eigenvalue weighted by atomic mass is 10.2. The van der Waals surface area contributed by atoms with Gasteiger partial charge in [0.15, 0.2) is 0 Å². The van der Waals surface area contributed by atoms with Crippen LogP contribution in [-0.4, -0.2) is 25.2 Å². The van der Waals surface area contributed by atoms with E-state index in [2.05, 4.69) is 21.3 Å². The molecule has 7 nitrogen and oxygen atoms in total. The zero-order valence-electron chi connectivity index (χ0n) is 16.6. The Kier molecular flexibility index (Phi) is 7.27. The van der Waals surface area contributed by atoms with E-state index in [4.69, 9.17) is 4.74 Å². The predicted octanol–water partition coefficient (Wildman–Crippen LogP) is 4.84. The smallest absolute Gasteiger partial charge is 0.323 e. The van der Waals surface area contributed by atoms with Crippen LogP contribution in [0.5, 0.6) is 5.75 Å². The molecule has 0 atom stereocenters. The molecule has 0 aromatic heterocycles. The van der Waals surface area contributed by atoms with Crippen molar-refractivity contribution in [1.82, 2.24) is 5.32 Å². The molecule has 0 bridgehead atoms. The first-order valence-corrected chi connectivity index (χ1v) is 9.56. The molecule has 0 saturated heterocycles. The van der Waals surface area contributed by atoms with Gasteiger partial charge in [-0.25, -0.2) is 9.59 Å². The van der Waals surface area contributed by atoms with Crippen LogP contribution in [0.3, 0.4) is 0 Å². The zero-order chi connectivity index (χ0) is 21.2. The summed E-state index contributed by atoms with van der Waals surface area (Å²) in [7, 11) is 0. The Balaban J connectivity index is 1.42. The third-order valence-corrected chi connectivity index (χ3v) is 4.06. The molecule has 0 aliphatic heterocycles. The number of para-hydroxylation sites is 1. The summed E-state index contributed by atoms with van der Waals surface area (Å²) in [6.07, 6.45) is 0. The Bertz CT molecular complexity index is 993. The molecule has 0 radical (unpaired) electrons. The van der Waals surface area contributed by atoms with Crippen LogP contribution in [0.4, 0.5) is 26.7 Å². The van der Waals surface area contributed by atoms with Gasteiger partial charge in [-0.05, 0) is 55.0 Å². The molecule has 0 spiro atoms. The quantitative estimate of drug-likeness (QED) is 0.425. The number of carbonyl (C=O) groups excluding carboxylic acids is 2. The number of benzene rings is 3.